The predicted molar refractivity (Wildman–Crippen MR) is 343 cm³/mol. The van der Waals surface area contributed by atoms with E-state index in [-0.39, 0.29) is 20.1 Å². The number of ether oxygens (including phenoxy) is 2. The molecule has 4 saturated heterocycles. The lowest BCUT2D eigenvalue weighted by molar-refractivity contribution is -0.0483. The zero-order valence-electron chi connectivity index (χ0n) is 48.1. The lowest BCUT2D eigenvalue weighted by Crippen LogP contribution is -2.53. The highest BCUT2D eigenvalue weighted by Crippen LogP contribution is 2.56. The molecule has 2 saturated carbocycles. The van der Waals surface area contributed by atoms with Gasteiger partial charge in [-0.15, -0.1) is 0 Å². The number of anilines is 4. The number of fused-ring (bicyclic) bond motifs is 4. The average Bonchev–Trinajstić information content (AvgIpc) is 3.73. The van der Waals surface area contributed by atoms with Crippen molar-refractivity contribution in [3.8, 4) is 11.1 Å². The molecule has 83 heavy (non-hydrogen) atoms. The maximum absolute atomic E-state index is 12.1. The molecule has 438 valence electrons. The quantitative estimate of drug-likeness (QED) is 0.0675. The Bertz CT molecular complexity index is 3010. The summed E-state index contributed by atoms with van der Waals surface area (Å²) in [5.41, 5.74) is 15.0. The Balaban J connectivity index is 0.000000123. The van der Waals surface area contributed by atoms with Crippen molar-refractivity contribution in [1.82, 2.24) is 35.1 Å². The highest BCUT2D eigenvalue weighted by atomic mass is 127. The van der Waals surface area contributed by atoms with E-state index in [2.05, 4.69) is 128 Å². The first kappa shape index (κ1) is 59.0. The van der Waals surface area contributed by atoms with Crippen LogP contribution in [-0.2, 0) is 20.7 Å². The summed E-state index contributed by atoms with van der Waals surface area (Å²) in [6, 6.07) is 35.0. The molecule has 5 N–H and O–H groups in total. The van der Waals surface area contributed by atoms with E-state index in [1.165, 1.54) is 88.2 Å². The normalized spacial score (nSPS) is 21.2. The van der Waals surface area contributed by atoms with Crippen LogP contribution in [0.25, 0.3) is 11.1 Å². The summed E-state index contributed by atoms with van der Waals surface area (Å²) < 4.78 is 12.6. The Morgan fingerprint density at radius 2 is 1.01 bits per heavy atom. The van der Waals surface area contributed by atoms with Gasteiger partial charge in [-0.25, -0.2) is 19.6 Å². The fourth-order valence-electron chi connectivity index (χ4n) is 14.4. The molecule has 17 heteroatoms. The summed E-state index contributed by atoms with van der Waals surface area (Å²) in [4.78, 5) is 47.8. The predicted octanol–water partition coefficient (Wildman–Crippen LogP) is 13.1. The number of nitrogens with two attached hydrogens (primary N) is 1. The maximum Gasteiger partial charge on any atom is 0.412 e. The molecule has 0 radical (unpaired) electrons. The topological polar surface area (TPSA) is 176 Å². The number of rotatable bonds is 7. The van der Waals surface area contributed by atoms with Crippen LogP contribution >= 0.6 is 30.5 Å². The van der Waals surface area contributed by atoms with Gasteiger partial charge < -0.3 is 25.4 Å². The molecule has 6 aliphatic heterocycles. The molecular weight excluding hydrogens is 1170 g/mol. The van der Waals surface area contributed by atoms with Crippen LogP contribution in [0.5, 0.6) is 0 Å². The number of nitrogens with zero attached hydrogens (tertiary/aromatic N) is 7. The Kier molecular flexibility index (Phi) is 20.2. The van der Waals surface area contributed by atoms with Crippen molar-refractivity contribution >= 4 is 70.9 Å². The number of hydrogen-bond acceptors (Lipinski definition) is 13. The van der Waals surface area contributed by atoms with Crippen LogP contribution in [0.1, 0.15) is 127 Å². The minimum absolute atomic E-state index is 0.104. The lowest BCUT2D eigenvalue weighted by Gasteiger charge is -2.47. The number of benzene rings is 4. The third-order valence-corrected chi connectivity index (χ3v) is 22.8. The van der Waals surface area contributed by atoms with Crippen LogP contribution < -0.4 is 31.9 Å². The van der Waals surface area contributed by atoms with E-state index in [0.717, 1.165) is 140 Å². The fraction of sp³-hybridized carbons (Fsp3) is 0.485. The first-order chi connectivity index (χ1) is 40.7. The average molecular weight is 1250 g/mol. The van der Waals surface area contributed by atoms with E-state index in [1.54, 1.807) is 36.3 Å². The van der Waals surface area contributed by atoms with Crippen LogP contribution in [0.4, 0.5) is 32.5 Å². The molecule has 6 fully saturated rings. The van der Waals surface area contributed by atoms with E-state index in [1.807, 2.05) is 48.7 Å². The summed E-state index contributed by atoms with van der Waals surface area (Å²) >= 11 is 2.11. The molecule has 2 aliphatic carbocycles. The number of nitrogen functional groups attached to an aromatic ring is 1. The summed E-state index contributed by atoms with van der Waals surface area (Å²) in [5.74, 6) is 0.969. The Morgan fingerprint density at radius 1 is 0.530 bits per heavy atom. The summed E-state index contributed by atoms with van der Waals surface area (Å²) in [5, 5.41) is 10.7. The van der Waals surface area contributed by atoms with E-state index in [4.69, 9.17) is 15.2 Å². The van der Waals surface area contributed by atoms with Gasteiger partial charge in [-0.05, 0) is 127 Å². The number of nitrogens with one attached hydrogen (secondary N) is 3. The SMILES string of the molecule is Ic1cnccn1.Nc1ccccc1-c1ccccc1P(C1CCCCC1)C1CCCCC1.O=C1Nc2ccccc2C2(CCN(C3CCN(c4cnccn4)CC3)CC2)O1.O=C1Nc2ccccc2C2(CCN(C3CCNCC3)CC2)O1. The highest BCUT2D eigenvalue weighted by molar-refractivity contribution is 14.1. The van der Waals surface area contributed by atoms with Crippen molar-refractivity contribution in [2.75, 3.05) is 73.6 Å². The van der Waals surface area contributed by atoms with Gasteiger partial charge in [0.25, 0.3) is 0 Å². The maximum atomic E-state index is 12.1. The van der Waals surface area contributed by atoms with Crippen molar-refractivity contribution in [3.05, 3.63) is 149 Å². The van der Waals surface area contributed by atoms with Gasteiger partial charge in [0.05, 0.1) is 23.8 Å². The number of hydrogen-bond donors (Lipinski definition) is 4. The summed E-state index contributed by atoms with van der Waals surface area (Å²) in [7, 11) is -0.104. The Morgan fingerprint density at radius 3 is 1.51 bits per heavy atom. The third kappa shape index (κ3) is 14.5. The molecular formula is C66H83IN11O4P. The number of piperidine rings is 4. The lowest BCUT2D eigenvalue weighted by atomic mass is 9.81. The van der Waals surface area contributed by atoms with Crippen molar-refractivity contribution < 1.29 is 19.1 Å². The molecule has 15 nitrogen and oxygen atoms in total. The Labute approximate surface area is 506 Å². The number of carbonyl (C=O) groups is 2. The van der Waals surface area contributed by atoms with Crippen LogP contribution in [0, 0.1) is 3.70 Å². The van der Waals surface area contributed by atoms with Crippen LogP contribution in [0.2, 0.25) is 0 Å². The number of halogens is 1. The third-order valence-electron chi connectivity index (χ3n) is 18.7. The fourth-order valence-corrected chi connectivity index (χ4v) is 18.7. The standard InChI is InChI=1S/C24H32NP.C21H25N5O2.C17H23N3O2.C4H3IN2/c25-23-17-9-7-15-21(23)22-16-8-10-18-24(22)26(19-11-3-1-4-12-19)20-13-5-2-6-14-20;27-20-24-18-4-2-1-3-17(18)21(28-20)7-13-25(14-8-21)16-5-11-26(12-6-16)19-15-22-9-10-23-19;21-16-19-15-4-2-1-3-14(15)17(22-16)7-11-20(12-8-17)13-5-9-18-10-6-13;5-4-3-6-1-2-7-4/h7-10,15-20H,1-6,11-14,25H2;1-4,9-10,15-16H,5-8,11-14H2,(H,24,27);1-4,13,18H,5-12H2,(H,19,21);1-3H. The van der Waals surface area contributed by atoms with Crippen molar-refractivity contribution in [2.45, 2.75) is 150 Å². The molecule has 14 rings (SSSR count). The molecule has 8 aliphatic rings. The van der Waals surface area contributed by atoms with Gasteiger partial charge in [0.1, 0.15) is 20.7 Å². The number of carbonyl (C=O) groups excluding carboxylic acids is 2. The second-order valence-corrected chi connectivity index (χ2v) is 27.4. The number of likely N-dealkylation sites (tertiary alicyclic amines) is 2. The van der Waals surface area contributed by atoms with Gasteiger partial charge in [-0.1, -0.05) is 125 Å². The molecule has 2 amide bonds. The first-order valence-corrected chi connectivity index (χ1v) is 33.3. The Hall–Kier alpha value is -5.78. The van der Waals surface area contributed by atoms with Gasteiger partial charge in [0.15, 0.2) is 0 Å². The van der Waals surface area contributed by atoms with Crippen LogP contribution in [0.15, 0.2) is 134 Å². The van der Waals surface area contributed by atoms with Crippen molar-refractivity contribution in [1.29, 1.82) is 0 Å². The largest absolute Gasteiger partial charge is 0.438 e. The minimum Gasteiger partial charge on any atom is -0.438 e. The summed E-state index contributed by atoms with van der Waals surface area (Å²) in [6.07, 6.45) is 32.3. The molecule has 0 bridgehead atoms. The van der Waals surface area contributed by atoms with Gasteiger partial charge in [-0.3, -0.25) is 30.4 Å². The highest BCUT2D eigenvalue weighted by Gasteiger charge is 2.47. The second kappa shape index (κ2) is 28.4. The number of para-hydroxylation sites is 3. The van der Waals surface area contributed by atoms with E-state index < -0.39 is 11.2 Å². The molecule has 6 aromatic rings. The molecule has 8 heterocycles. The monoisotopic (exact) mass is 1250 g/mol. The van der Waals surface area contributed by atoms with Gasteiger partial charge in [-0.2, -0.15) is 0 Å². The summed E-state index contributed by atoms with van der Waals surface area (Å²) in [6.45, 7) is 8.18. The van der Waals surface area contributed by atoms with Crippen molar-refractivity contribution in [3.63, 3.8) is 0 Å². The van der Waals surface area contributed by atoms with Crippen LogP contribution in [0.3, 0.4) is 0 Å². The molecule has 4 aromatic carbocycles. The van der Waals surface area contributed by atoms with Gasteiger partial charge in [0, 0.05) is 124 Å². The van der Waals surface area contributed by atoms with E-state index in [0.29, 0.717) is 12.1 Å². The van der Waals surface area contributed by atoms with Crippen LogP contribution in [-0.4, -0.2) is 118 Å². The molecule has 0 unspecified atom stereocenters. The van der Waals surface area contributed by atoms with E-state index in [9.17, 15) is 9.59 Å². The number of amides is 2. The zero-order chi connectivity index (χ0) is 56.9. The molecule has 2 spiro atoms. The molecule has 0 atom stereocenters. The van der Waals surface area contributed by atoms with E-state index >= 15 is 0 Å². The smallest absolute Gasteiger partial charge is 0.412 e. The first-order valence-electron chi connectivity index (χ1n) is 30.8. The molecule has 2 aromatic heterocycles. The van der Waals surface area contributed by atoms with Gasteiger partial charge >= 0.3 is 12.2 Å². The number of aromatic nitrogens is 4. The minimum atomic E-state index is -0.476. The van der Waals surface area contributed by atoms with Crippen molar-refractivity contribution in [2.24, 2.45) is 0 Å². The van der Waals surface area contributed by atoms with Gasteiger partial charge in [0.2, 0.25) is 0 Å². The zero-order valence-corrected chi connectivity index (χ0v) is 51.1. The second-order valence-electron chi connectivity index (χ2n) is 23.6.